The number of anilines is 1. The topological polar surface area (TPSA) is 73.1 Å². The van der Waals surface area contributed by atoms with Gasteiger partial charge in [0.25, 0.3) is 0 Å². The number of aliphatic carboxylic acids is 1. The fraction of sp³-hybridized carbons (Fsp3) is 0.467. The Hall–Kier alpha value is -2.02. The second-order valence-corrected chi connectivity index (χ2v) is 5.02. The number of carbonyl (C=O) groups is 1. The Bertz CT molecular complexity index is 487. The molecule has 1 fully saturated rings. The summed E-state index contributed by atoms with van der Waals surface area (Å²) in [5.41, 5.74) is 1.10. The first kappa shape index (κ1) is 13.4. The van der Waals surface area contributed by atoms with E-state index in [2.05, 4.69) is 11.4 Å². The summed E-state index contributed by atoms with van der Waals surface area (Å²) in [6.45, 7) is 0. The zero-order valence-corrected chi connectivity index (χ0v) is 10.8. The molecule has 0 radical (unpaired) electrons. The third-order valence-electron chi connectivity index (χ3n) is 3.75. The van der Waals surface area contributed by atoms with E-state index in [0.29, 0.717) is 11.3 Å². The molecule has 4 heteroatoms. The molecule has 1 aromatic rings. The molecule has 1 aliphatic carbocycles. The summed E-state index contributed by atoms with van der Waals surface area (Å²) in [6, 6.07) is 8.53. The molecule has 0 spiro atoms. The third kappa shape index (κ3) is 3.25. The average molecular weight is 258 g/mol. The summed E-state index contributed by atoms with van der Waals surface area (Å²) in [6.07, 6.45) is 5.26. The van der Waals surface area contributed by atoms with Crippen molar-refractivity contribution in [3.05, 3.63) is 29.8 Å². The van der Waals surface area contributed by atoms with Crippen LogP contribution in [0.4, 0.5) is 5.69 Å². The molecule has 2 rings (SSSR count). The molecule has 0 aromatic heterocycles. The van der Waals surface area contributed by atoms with Gasteiger partial charge >= 0.3 is 5.97 Å². The molecule has 4 nitrogen and oxygen atoms in total. The van der Waals surface area contributed by atoms with Crippen molar-refractivity contribution in [1.29, 1.82) is 5.26 Å². The highest BCUT2D eigenvalue weighted by Crippen LogP contribution is 2.29. The molecule has 1 aliphatic rings. The maximum Gasteiger partial charge on any atom is 0.326 e. The molecule has 1 unspecified atom stereocenters. The molecule has 0 amide bonds. The van der Waals surface area contributed by atoms with E-state index < -0.39 is 12.0 Å². The van der Waals surface area contributed by atoms with Crippen LogP contribution in [-0.4, -0.2) is 17.1 Å². The highest BCUT2D eigenvalue weighted by molar-refractivity contribution is 5.78. The number of para-hydroxylation sites is 1. The van der Waals surface area contributed by atoms with E-state index in [1.165, 1.54) is 6.42 Å². The van der Waals surface area contributed by atoms with Gasteiger partial charge in [0.15, 0.2) is 0 Å². The van der Waals surface area contributed by atoms with Crippen molar-refractivity contribution in [3.8, 4) is 6.07 Å². The highest BCUT2D eigenvalue weighted by Gasteiger charge is 2.29. The van der Waals surface area contributed by atoms with Gasteiger partial charge in [-0.15, -0.1) is 0 Å². The Morgan fingerprint density at radius 2 is 2.00 bits per heavy atom. The minimum absolute atomic E-state index is 0.151. The van der Waals surface area contributed by atoms with Crippen molar-refractivity contribution in [2.75, 3.05) is 5.32 Å². The predicted octanol–water partition coefficient (Wildman–Crippen LogP) is 3.00. The van der Waals surface area contributed by atoms with Crippen LogP contribution >= 0.6 is 0 Å². The van der Waals surface area contributed by atoms with Crippen molar-refractivity contribution in [1.82, 2.24) is 0 Å². The number of hydrogen-bond donors (Lipinski definition) is 2. The van der Waals surface area contributed by atoms with E-state index in [0.717, 1.165) is 25.7 Å². The second-order valence-electron chi connectivity index (χ2n) is 5.02. The van der Waals surface area contributed by atoms with Crippen molar-refractivity contribution in [2.24, 2.45) is 5.92 Å². The van der Waals surface area contributed by atoms with E-state index in [1.54, 1.807) is 18.2 Å². The van der Waals surface area contributed by atoms with Crippen LogP contribution in [0.3, 0.4) is 0 Å². The third-order valence-corrected chi connectivity index (χ3v) is 3.75. The maximum absolute atomic E-state index is 11.5. The van der Waals surface area contributed by atoms with Crippen molar-refractivity contribution < 1.29 is 9.90 Å². The first-order chi connectivity index (χ1) is 9.22. The lowest BCUT2D eigenvalue weighted by Gasteiger charge is -2.28. The molecular formula is C15H18N2O2. The van der Waals surface area contributed by atoms with Crippen LogP contribution in [0.2, 0.25) is 0 Å². The summed E-state index contributed by atoms with van der Waals surface area (Å²) in [4.78, 5) is 11.5. The Labute approximate surface area is 113 Å². The summed E-state index contributed by atoms with van der Waals surface area (Å²) < 4.78 is 0. The van der Waals surface area contributed by atoms with E-state index >= 15 is 0 Å². The fourth-order valence-electron chi connectivity index (χ4n) is 2.72. The van der Waals surface area contributed by atoms with E-state index in [4.69, 9.17) is 5.26 Å². The Balaban J connectivity index is 2.16. The van der Waals surface area contributed by atoms with Gasteiger partial charge in [0, 0.05) is 0 Å². The molecule has 1 aromatic carbocycles. The molecule has 100 valence electrons. The van der Waals surface area contributed by atoms with Gasteiger partial charge < -0.3 is 10.4 Å². The van der Waals surface area contributed by atoms with Gasteiger partial charge in [-0.05, 0) is 30.9 Å². The lowest BCUT2D eigenvalue weighted by molar-refractivity contribution is -0.139. The van der Waals surface area contributed by atoms with Gasteiger partial charge in [0.05, 0.1) is 11.3 Å². The van der Waals surface area contributed by atoms with Crippen LogP contribution in [0.25, 0.3) is 0 Å². The summed E-state index contributed by atoms with van der Waals surface area (Å²) in [7, 11) is 0. The molecule has 1 saturated carbocycles. The molecule has 19 heavy (non-hydrogen) atoms. The second kappa shape index (κ2) is 6.24. The Morgan fingerprint density at radius 1 is 1.32 bits per heavy atom. The molecule has 0 bridgehead atoms. The molecular weight excluding hydrogens is 240 g/mol. The number of nitrogens with zero attached hydrogens (tertiary/aromatic N) is 1. The number of carboxylic acid groups (broad SMARTS) is 1. The minimum atomic E-state index is -0.834. The molecule has 2 N–H and O–H groups in total. The van der Waals surface area contributed by atoms with Crippen molar-refractivity contribution in [3.63, 3.8) is 0 Å². The largest absolute Gasteiger partial charge is 0.480 e. The predicted molar refractivity (Wildman–Crippen MR) is 72.8 cm³/mol. The van der Waals surface area contributed by atoms with Gasteiger partial charge in [-0.3, -0.25) is 0 Å². The van der Waals surface area contributed by atoms with Gasteiger partial charge in [0.2, 0.25) is 0 Å². The van der Waals surface area contributed by atoms with Crippen LogP contribution in [0, 0.1) is 17.2 Å². The van der Waals surface area contributed by atoms with Crippen molar-refractivity contribution >= 4 is 11.7 Å². The zero-order valence-electron chi connectivity index (χ0n) is 10.8. The van der Waals surface area contributed by atoms with Crippen molar-refractivity contribution in [2.45, 2.75) is 38.1 Å². The molecule has 0 heterocycles. The van der Waals surface area contributed by atoms with Crippen LogP contribution in [0.15, 0.2) is 24.3 Å². The fourth-order valence-corrected chi connectivity index (χ4v) is 2.72. The molecule has 0 aliphatic heterocycles. The van der Waals surface area contributed by atoms with Crippen LogP contribution in [0.1, 0.15) is 37.7 Å². The van der Waals surface area contributed by atoms with E-state index in [-0.39, 0.29) is 5.92 Å². The standard InChI is InChI=1S/C15H18N2O2/c16-10-12-8-4-5-9-13(12)17-14(15(18)19)11-6-2-1-3-7-11/h4-5,8-9,11,14,17H,1-3,6-7H2,(H,18,19). The maximum atomic E-state index is 11.5. The smallest absolute Gasteiger partial charge is 0.326 e. The average Bonchev–Trinajstić information content (AvgIpc) is 2.45. The quantitative estimate of drug-likeness (QED) is 0.870. The van der Waals surface area contributed by atoms with Gasteiger partial charge in [-0.1, -0.05) is 31.4 Å². The van der Waals surface area contributed by atoms with Crippen LogP contribution in [0.5, 0.6) is 0 Å². The number of rotatable bonds is 4. The lowest BCUT2D eigenvalue weighted by Crippen LogP contribution is -2.38. The normalized spacial score (nSPS) is 17.4. The minimum Gasteiger partial charge on any atom is -0.480 e. The first-order valence-corrected chi connectivity index (χ1v) is 6.71. The van der Waals surface area contributed by atoms with Gasteiger partial charge in [-0.25, -0.2) is 4.79 Å². The Kier molecular flexibility index (Phi) is 4.40. The summed E-state index contributed by atoms with van der Waals surface area (Å²) in [5, 5.41) is 21.5. The highest BCUT2D eigenvalue weighted by atomic mass is 16.4. The number of carboxylic acids is 1. The zero-order chi connectivity index (χ0) is 13.7. The SMILES string of the molecule is N#Cc1ccccc1NC(C(=O)O)C1CCCCC1. The van der Waals surface area contributed by atoms with Crippen LogP contribution in [-0.2, 0) is 4.79 Å². The monoisotopic (exact) mass is 258 g/mol. The molecule has 0 saturated heterocycles. The summed E-state index contributed by atoms with van der Waals surface area (Å²) >= 11 is 0. The number of hydrogen-bond acceptors (Lipinski definition) is 3. The van der Waals surface area contributed by atoms with E-state index in [1.807, 2.05) is 6.07 Å². The lowest BCUT2D eigenvalue weighted by atomic mass is 9.83. The number of nitriles is 1. The van der Waals surface area contributed by atoms with Crippen LogP contribution < -0.4 is 5.32 Å². The van der Waals surface area contributed by atoms with Gasteiger partial charge in [-0.2, -0.15) is 5.26 Å². The molecule has 1 atom stereocenters. The summed E-state index contributed by atoms with van der Waals surface area (Å²) in [5.74, 6) is -0.683. The van der Waals surface area contributed by atoms with Gasteiger partial charge in [0.1, 0.15) is 12.1 Å². The Morgan fingerprint density at radius 3 is 2.63 bits per heavy atom. The first-order valence-electron chi connectivity index (χ1n) is 6.71. The van der Waals surface area contributed by atoms with E-state index in [9.17, 15) is 9.90 Å². The number of nitrogens with one attached hydrogen (secondary N) is 1. The number of benzene rings is 1.